The second kappa shape index (κ2) is 10.3. The van der Waals surface area contributed by atoms with Crippen molar-refractivity contribution in [3.05, 3.63) is 136 Å². The smallest absolute Gasteiger partial charge is 0.0648 e. The molecule has 0 heterocycles. The van der Waals surface area contributed by atoms with E-state index in [0.717, 1.165) is 36.1 Å². The lowest BCUT2D eigenvalue weighted by Gasteiger charge is -2.61. The topological polar surface area (TPSA) is 3.24 Å². The lowest BCUT2D eigenvalue weighted by atomic mass is 9.43. The summed E-state index contributed by atoms with van der Waals surface area (Å²) in [5.74, 6) is 2.73. The molecule has 0 unspecified atom stereocenters. The number of nitrogens with zero attached hydrogens (tertiary/aromatic N) is 1. The third-order valence-electron chi connectivity index (χ3n) is 15.1. The monoisotopic (exact) mass is 686 g/mol. The first-order valence-corrected chi connectivity index (χ1v) is 19.8. The van der Waals surface area contributed by atoms with Crippen LogP contribution in [0.2, 0.25) is 0 Å². The highest BCUT2D eigenvalue weighted by molar-refractivity contribution is 5.89. The van der Waals surface area contributed by atoms with Crippen LogP contribution >= 0.6 is 0 Å². The third kappa shape index (κ3) is 3.96. The minimum absolute atomic E-state index is 0.0921. The van der Waals surface area contributed by atoms with Gasteiger partial charge in [-0.1, -0.05) is 114 Å². The third-order valence-corrected chi connectivity index (χ3v) is 15.1. The molecule has 4 bridgehead atoms. The quantitative estimate of drug-likeness (QED) is 0.183. The van der Waals surface area contributed by atoms with Crippen molar-refractivity contribution in [3.63, 3.8) is 0 Å². The van der Waals surface area contributed by atoms with E-state index in [0.29, 0.717) is 28.7 Å². The number of hydrogen-bond acceptors (Lipinski definition) is 1. The van der Waals surface area contributed by atoms with E-state index in [-0.39, 0.29) is 69.7 Å². The fourth-order valence-corrected chi connectivity index (χ4v) is 12.8. The Hall–Kier alpha value is -4.10. The van der Waals surface area contributed by atoms with E-state index in [1.165, 1.54) is 65.5 Å². The molecule has 52 heavy (non-hydrogen) atoms. The molecule has 0 amide bonds. The molecule has 12 rings (SSSR count). The van der Waals surface area contributed by atoms with Crippen molar-refractivity contribution < 1.29 is 9.60 Å². The zero-order valence-electron chi connectivity index (χ0n) is 38.5. The number of rotatable bonds is 3. The van der Waals surface area contributed by atoms with Crippen LogP contribution in [0.25, 0.3) is 22.3 Å². The van der Waals surface area contributed by atoms with Gasteiger partial charge in [0.15, 0.2) is 0 Å². The highest BCUT2D eigenvalue weighted by Crippen LogP contribution is 2.70. The average Bonchev–Trinajstić information content (AvgIpc) is 3.63. The van der Waals surface area contributed by atoms with Gasteiger partial charge in [0.05, 0.1) is 15.3 Å². The van der Waals surface area contributed by atoms with Crippen LogP contribution in [-0.2, 0) is 21.7 Å². The maximum absolute atomic E-state index is 10.3. The minimum Gasteiger partial charge on any atom is -0.310 e. The molecule has 0 atom stereocenters. The van der Waals surface area contributed by atoms with Gasteiger partial charge in [0.25, 0.3) is 0 Å². The number of benzene rings is 5. The fourth-order valence-electron chi connectivity index (χ4n) is 12.8. The van der Waals surface area contributed by atoms with Gasteiger partial charge in [0.1, 0.15) is 0 Å². The van der Waals surface area contributed by atoms with Gasteiger partial charge in [-0.3, -0.25) is 0 Å². The van der Waals surface area contributed by atoms with Gasteiger partial charge in [-0.05, 0) is 165 Å². The van der Waals surface area contributed by atoms with Crippen LogP contribution in [0.3, 0.4) is 0 Å². The molecular formula is C51H53N. The van der Waals surface area contributed by atoms with Gasteiger partial charge >= 0.3 is 0 Å². The number of anilines is 3. The van der Waals surface area contributed by atoms with Crippen molar-refractivity contribution in [1.82, 2.24) is 0 Å². The molecule has 0 aliphatic heterocycles. The van der Waals surface area contributed by atoms with Crippen molar-refractivity contribution >= 4 is 17.1 Å². The first-order valence-electron chi connectivity index (χ1n) is 23.3. The molecule has 1 nitrogen and oxygen atoms in total. The van der Waals surface area contributed by atoms with Crippen LogP contribution < -0.4 is 4.90 Å². The Morgan fingerprint density at radius 2 is 1.23 bits per heavy atom. The second-order valence-corrected chi connectivity index (χ2v) is 19.1. The van der Waals surface area contributed by atoms with Crippen molar-refractivity contribution in [3.8, 4) is 22.3 Å². The zero-order chi connectivity index (χ0) is 41.5. The molecule has 0 radical (unpaired) electrons. The van der Waals surface area contributed by atoms with Gasteiger partial charge in [-0.2, -0.15) is 0 Å². The van der Waals surface area contributed by atoms with Gasteiger partial charge < -0.3 is 4.90 Å². The van der Waals surface area contributed by atoms with Gasteiger partial charge in [-0.15, -0.1) is 0 Å². The Kier molecular flexibility index (Phi) is 4.96. The SMILES string of the molecule is [2H]c1c([2H])c([2H])c2c(c1[2H])-c1c([2H])c([2H])c(N(c3ccc4c(c3)C3(c5ccccc5-4)C4CC5CC(C4)CC3C5)c3cccc4c3C(C)(C)CCC4(C)C)c([2H])c1C2(C)C. The summed E-state index contributed by atoms with van der Waals surface area (Å²) in [6.45, 7) is 13.1. The summed E-state index contributed by atoms with van der Waals surface area (Å²) in [6, 6.07) is 21.4. The van der Waals surface area contributed by atoms with Gasteiger partial charge in [-0.25, -0.2) is 0 Å². The average molecular weight is 687 g/mol. The van der Waals surface area contributed by atoms with E-state index in [4.69, 9.17) is 5.48 Å². The summed E-state index contributed by atoms with van der Waals surface area (Å²) in [5, 5.41) is 0. The molecule has 5 aromatic rings. The van der Waals surface area contributed by atoms with Crippen LogP contribution in [0.4, 0.5) is 17.1 Å². The summed E-state index contributed by atoms with van der Waals surface area (Å²) in [5.41, 5.74) is 10.1. The van der Waals surface area contributed by atoms with E-state index >= 15 is 0 Å². The summed E-state index contributed by atoms with van der Waals surface area (Å²) in [7, 11) is 0. The largest absolute Gasteiger partial charge is 0.310 e. The molecule has 5 aromatic carbocycles. The Bertz CT molecular complexity index is 2680. The Morgan fingerprint density at radius 3 is 2.02 bits per heavy atom. The maximum atomic E-state index is 10.3. The predicted molar refractivity (Wildman–Crippen MR) is 217 cm³/mol. The van der Waals surface area contributed by atoms with E-state index < -0.39 is 5.41 Å². The zero-order valence-corrected chi connectivity index (χ0v) is 31.5. The van der Waals surface area contributed by atoms with Crippen molar-refractivity contribution in [2.75, 3.05) is 4.90 Å². The summed E-state index contributed by atoms with van der Waals surface area (Å²) in [6.07, 6.45) is 8.43. The Morgan fingerprint density at radius 1 is 0.558 bits per heavy atom. The normalized spacial score (nSPS) is 30.5. The highest BCUT2D eigenvalue weighted by Gasteiger charge is 2.61. The molecule has 4 saturated carbocycles. The molecule has 0 aromatic heterocycles. The Labute approximate surface area is 321 Å². The van der Waals surface area contributed by atoms with Crippen LogP contribution in [0.5, 0.6) is 0 Å². The summed E-state index contributed by atoms with van der Waals surface area (Å²) >= 11 is 0. The molecule has 0 saturated heterocycles. The van der Waals surface area contributed by atoms with Crippen LogP contribution in [0, 0.1) is 23.7 Å². The highest BCUT2D eigenvalue weighted by atomic mass is 15.1. The first kappa shape index (κ1) is 25.0. The molecule has 1 spiro atoms. The summed E-state index contributed by atoms with van der Waals surface area (Å²) < 4.78 is 65.3. The maximum Gasteiger partial charge on any atom is 0.0648 e. The molecule has 262 valence electrons. The molecule has 1 heteroatoms. The lowest BCUT2D eigenvalue weighted by Crippen LogP contribution is -2.55. The Balaban J connectivity index is 1.23. The predicted octanol–water partition coefficient (Wildman–Crippen LogP) is 13.5. The fraction of sp³-hybridized carbons (Fsp3) is 0.412. The van der Waals surface area contributed by atoms with Gasteiger partial charge in [0.2, 0.25) is 0 Å². The van der Waals surface area contributed by atoms with E-state index in [1.807, 2.05) is 13.8 Å². The molecule has 7 aliphatic rings. The number of hydrogen-bond donors (Lipinski definition) is 0. The molecular weight excluding hydrogens is 627 g/mol. The van der Waals surface area contributed by atoms with Crippen LogP contribution in [0.15, 0.2) is 103 Å². The van der Waals surface area contributed by atoms with Crippen LogP contribution in [-0.4, -0.2) is 0 Å². The van der Waals surface area contributed by atoms with Crippen molar-refractivity contribution in [1.29, 1.82) is 0 Å². The summed E-state index contributed by atoms with van der Waals surface area (Å²) in [4.78, 5) is 2.14. The standard InChI is InChI=1S/C51H53N/c1-48(2)22-23-49(3,4)47-43(48)16-11-17-46(47)52(35-18-20-39-37-12-7-9-14-41(37)50(5,6)44(39)29-35)36-19-21-40-38-13-8-10-15-42(38)51(45(40)30-36)33-25-31-24-32(27-33)28-34(51)26-31/h7-21,29-34H,22-28H2,1-6H3/i7D,9D,12D,14D,18D,20D,29D. The molecule has 0 N–H and O–H groups in total. The van der Waals surface area contributed by atoms with Crippen LogP contribution in [0.1, 0.15) is 129 Å². The first-order chi connectivity index (χ1) is 27.9. The molecule has 7 aliphatic carbocycles. The van der Waals surface area contributed by atoms with E-state index in [1.54, 1.807) is 0 Å². The lowest BCUT2D eigenvalue weighted by molar-refractivity contribution is -0.0399. The van der Waals surface area contributed by atoms with Crippen molar-refractivity contribution in [2.45, 2.75) is 108 Å². The minimum atomic E-state index is -1.02. The number of fused-ring (bicyclic) bond motifs is 7. The van der Waals surface area contributed by atoms with Crippen molar-refractivity contribution in [2.24, 2.45) is 23.7 Å². The van der Waals surface area contributed by atoms with Gasteiger partial charge in [0, 0.05) is 22.2 Å². The molecule has 4 fully saturated rings. The van der Waals surface area contributed by atoms with E-state index in [2.05, 4.69) is 93.3 Å². The second-order valence-electron chi connectivity index (χ2n) is 19.1. The van der Waals surface area contributed by atoms with E-state index in [9.17, 15) is 4.11 Å².